The van der Waals surface area contributed by atoms with Crippen molar-refractivity contribution in [1.29, 1.82) is 0 Å². The molecule has 0 spiro atoms. The van der Waals surface area contributed by atoms with Crippen molar-refractivity contribution >= 4 is 10.0 Å². The van der Waals surface area contributed by atoms with Crippen molar-refractivity contribution in [2.45, 2.75) is 57.2 Å². The first-order valence-corrected chi connectivity index (χ1v) is 7.72. The van der Waals surface area contributed by atoms with Crippen molar-refractivity contribution in [2.75, 3.05) is 13.7 Å². The lowest BCUT2D eigenvalue weighted by atomic mass is 9.87. The highest BCUT2D eigenvalue weighted by Gasteiger charge is 2.37. The van der Waals surface area contributed by atoms with Crippen LogP contribution in [-0.2, 0) is 10.0 Å². The van der Waals surface area contributed by atoms with Crippen LogP contribution in [0.5, 0.6) is 0 Å². The Labute approximate surface area is 105 Å². The third-order valence-electron chi connectivity index (χ3n) is 3.74. The van der Waals surface area contributed by atoms with Gasteiger partial charge in [-0.3, -0.25) is 0 Å². The maximum atomic E-state index is 12.3. The molecule has 0 atom stereocenters. The van der Waals surface area contributed by atoms with E-state index in [0.717, 1.165) is 25.7 Å². The third-order valence-corrected chi connectivity index (χ3v) is 6.35. The standard InChI is InChI=1S/C12H25NO3S/c1-12(2,3)17(15,16)13(4)11-7-5-10(9-14)6-8-11/h10-11,14H,5-9H2,1-4H3. The molecule has 102 valence electrons. The summed E-state index contributed by atoms with van der Waals surface area (Å²) >= 11 is 0. The molecule has 1 aliphatic carbocycles. The molecule has 0 amide bonds. The average molecular weight is 263 g/mol. The lowest BCUT2D eigenvalue weighted by molar-refractivity contribution is 0.158. The van der Waals surface area contributed by atoms with Crippen LogP contribution in [0.3, 0.4) is 0 Å². The van der Waals surface area contributed by atoms with E-state index in [4.69, 9.17) is 5.11 Å². The Bertz CT molecular complexity index is 337. The molecule has 0 bridgehead atoms. The highest BCUT2D eigenvalue weighted by Crippen LogP contribution is 2.30. The van der Waals surface area contributed by atoms with E-state index in [1.54, 1.807) is 32.1 Å². The van der Waals surface area contributed by atoms with Crippen molar-refractivity contribution in [3.8, 4) is 0 Å². The number of hydrogen-bond acceptors (Lipinski definition) is 3. The zero-order valence-electron chi connectivity index (χ0n) is 11.3. The van der Waals surface area contributed by atoms with E-state index in [0.29, 0.717) is 5.92 Å². The lowest BCUT2D eigenvalue weighted by Crippen LogP contribution is -2.47. The molecule has 17 heavy (non-hydrogen) atoms. The highest BCUT2D eigenvalue weighted by atomic mass is 32.2. The van der Waals surface area contributed by atoms with E-state index >= 15 is 0 Å². The number of rotatable bonds is 3. The van der Waals surface area contributed by atoms with Gasteiger partial charge in [-0.15, -0.1) is 0 Å². The number of aliphatic hydroxyl groups is 1. The minimum Gasteiger partial charge on any atom is -0.396 e. The van der Waals surface area contributed by atoms with Gasteiger partial charge in [0.2, 0.25) is 10.0 Å². The molecule has 0 aromatic rings. The third kappa shape index (κ3) is 3.20. The second kappa shape index (κ2) is 5.24. The summed E-state index contributed by atoms with van der Waals surface area (Å²) in [4.78, 5) is 0. The Morgan fingerprint density at radius 2 is 1.65 bits per heavy atom. The molecule has 1 saturated carbocycles. The Hall–Kier alpha value is -0.130. The molecule has 0 aromatic heterocycles. The van der Waals surface area contributed by atoms with Gasteiger partial charge in [0.25, 0.3) is 0 Å². The van der Waals surface area contributed by atoms with Crippen molar-refractivity contribution in [2.24, 2.45) is 5.92 Å². The van der Waals surface area contributed by atoms with E-state index in [9.17, 15) is 8.42 Å². The smallest absolute Gasteiger partial charge is 0.219 e. The molecule has 1 N–H and O–H groups in total. The highest BCUT2D eigenvalue weighted by molar-refractivity contribution is 7.90. The van der Waals surface area contributed by atoms with Gasteiger partial charge in [0.05, 0.1) is 4.75 Å². The lowest BCUT2D eigenvalue weighted by Gasteiger charge is -2.36. The van der Waals surface area contributed by atoms with Crippen LogP contribution in [0.15, 0.2) is 0 Å². The molecular weight excluding hydrogens is 238 g/mol. The van der Waals surface area contributed by atoms with Crippen LogP contribution >= 0.6 is 0 Å². The van der Waals surface area contributed by atoms with Crippen molar-refractivity contribution in [3.63, 3.8) is 0 Å². The van der Waals surface area contributed by atoms with E-state index in [1.807, 2.05) is 0 Å². The molecule has 0 aromatic carbocycles. The fraction of sp³-hybridized carbons (Fsp3) is 1.00. The summed E-state index contributed by atoms with van der Waals surface area (Å²) in [5.74, 6) is 0.358. The molecule has 0 unspecified atom stereocenters. The van der Waals surface area contributed by atoms with Gasteiger partial charge in [-0.05, 0) is 52.4 Å². The van der Waals surface area contributed by atoms with E-state index < -0.39 is 14.8 Å². The Morgan fingerprint density at radius 3 is 2.00 bits per heavy atom. The summed E-state index contributed by atoms with van der Waals surface area (Å²) < 4.78 is 25.4. The van der Waals surface area contributed by atoms with Crippen LogP contribution in [0, 0.1) is 5.92 Å². The van der Waals surface area contributed by atoms with Crippen molar-refractivity contribution < 1.29 is 13.5 Å². The Balaban J connectivity index is 2.70. The van der Waals surface area contributed by atoms with Crippen LogP contribution in [0.25, 0.3) is 0 Å². The van der Waals surface area contributed by atoms with Crippen LogP contribution in [-0.4, -0.2) is 42.3 Å². The fourth-order valence-corrected chi connectivity index (χ4v) is 3.79. The summed E-state index contributed by atoms with van der Waals surface area (Å²) in [5.41, 5.74) is 0. The maximum Gasteiger partial charge on any atom is 0.219 e. The van der Waals surface area contributed by atoms with Gasteiger partial charge in [-0.1, -0.05) is 0 Å². The predicted octanol–water partition coefficient (Wildman–Crippen LogP) is 1.60. The molecular formula is C12H25NO3S. The molecule has 4 nitrogen and oxygen atoms in total. The largest absolute Gasteiger partial charge is 0.396 e. The van der Waals surface area contributed by atoms with Gasteiger partial charge in [0.1, 0.15) is 0 Å². The van der Waals surface area contributed by atoms with Crippen LogP contribution in [0.4, 0.5) is 0 Å². The fourth-order valence-electron chi connectivity index (χ4n) is 2.32. The number of aliphatic hydroxyl groups excluding tert-OH is 1. The van der Waals surface area contributed by atoms with E-state index in [-0.39, 0.29) is 12.6 Å². The first kappa shape index (κ1) is 14.9. The first-order chi connectivity index (χ1) is 7.70. The van der Waals surface area contributed by atoms with E-state index in [2.05, 4.69) is 0 Å². The van der Waals surface area contributed by atoms with E-state index in [1.165, 1.54) is 0 Å². The number of sulfonamides is 1. The molecule has 1 fully saturated rings. The maximum absolute atomic E-state index is 12.3. The van der Waals surface area contributed by atoms with Crippen LogP contribution < -0.4 is 0 Å². The van der Waals surface area contributed by atoms with Gasteiger partial charge in [0.15, 0.2) is 0 Å². The van der Waals surface area contributed by atoms with Gasteiger partial charge in [0, 0.05) is 19.7 Å². The van der Waals surface area contributed by atoms with Gasteiger partial charge < -0.3 is 5.11 Å². The summed E-state index contributed by atoms with van der Waals surface area (Å²) in [5, 5.41) is 9.07. The Kier molecular flexibility index (Phi) is 4.60. The zero-order chi connectivity index (χ0) is 13.3. The second-order valence-corrected chi connectivity index (χ2v) is 8.74. The second-order valence-electron chi connectivity index (χ2n) is 5.99. The summed E-state index contributed by atoms with van der Waals surface area (Å²) in [6, 6.07) is 0.0991. The monoisotopic (exact) mass is 263 g/mol. The van der Waals surface area contributed by atoms with Crippen LogP contribution in [0.1, 0.15) is 46.5 Å². The molecule has 0 radical (unpaired) electrons. The molecule has 1 aliphatic rings. The number of nitrogens with zero attached hydrogens (tertiary/aromatic N) is 1. The molecule has 5 heteroatoms. The SMILES string of the molecule is CN(C1CCC(CO)CC1)S(=O)(=O)C(C)(C)C. The quantitative estimate of drug-likeness (QED) is 0.841. The summed E-state index contributed by atoms with van der Waals surface area (Å²) in [7, 11) is -1.54. The average Bonchev–Trinajstić information content (AvgIpc) is 2.26. The minimum atomic E-state index is -3.23. The number of hydrogen-bond donors (Lipinski definition) is 1. The van der Waals surface area contributed by atoms with Crippen molar-refractivity contribution in [1.82, 2.24) is 4.31 Å². The minimum absolute atomic E-state index is 0.0991. The van der Waals surface area contributed by atoms with Gasteiger partial charge in [-0.25, -0.2) is 12.7 Å². The normalized spacial score (nSPS) is 27.4. The summed E-state index contributed by atoms with van der Waals surface area (Å²) in [6.45, 7) is 5.43. The van der Waals surface area contributed by atoms with Gasteiger partial charge >= 0.3 is 0 Å². The zero-order valence-corrected chi connectivity index (χ0v) is 12.1. The topological polar surface area (TPSA) is 57.6 Å². The Morgan fingerprint density at radius 1 is 1.18 bits per heavy atom. The molecule has 0 heterocycles. The summed E-state index contributed by atoms with van der Waals surface area (Å²) in [6.07, 6.45) is 3.56. The molecule has 1 rings (SSSR count). The van der Waals surface area contributed by atoms with Gasteiger partial charge in [-0.2, -0.15) is 0 Å². The molecule has 0 aliphatic heterocycles. The van der Waals surface area contributed by atoms with Crippen LogP contribution in [0.2, 0.25) is 0 Å². The van der Waals surface area contributed by atoms with Crippen molar-refractivity contribution in [3.05, 3.63) is 0 Å². The molecule has 0 saturated heterocycles. The first-order valence-electron chi connectivity index (χ1n) is 6.28. The predicted molar refractivity (Wildman–Crippen MR) is 69.3 cm³/mol.